The van der Waals surface area contributed by atoms with Crippen LogP contribution in [0.2, 0.25) is 5.02 Å². The molecule has 0 atom stereocenters. The molecule has 0 aromatic heterocycles. The van der Waals surface area contributed by atoms with Gasteiger partial charge in [-0.3, -0.25) is 0 Å². The maximum absolute atomic E-state index is 11.1. The number of aromatic carboxylic acids is 1. The first kappa shape index (κ1) is 13.4. The largest absolute Gasteiger partial charge is 0.478 e. The fourth-order valence-corrected chi connectivity index (χ4v) is 1.92. The quantitative estimate of drug-likeness (QED) is 0.888. The lowest BCUT2D eigenvalue weighted by Crippen LogP contribution is -2.06. The summed E-state index contributed by atoms with van der Waals surface area (Å²) in [5, 5.41) is 12.7. The minimum absolute atomic E-state index is 0.180. The van der Waals surface area contributed by atoms with E-state index in [1.807, 2.05) is 31.2 Å². The fraction of sp³-hybridized carbons (Fsp3) is 0.133. The lowest BCUT2D eigenvalue weighted by Gasteiger charge is -2.10. The van der Waals surface area contributed by atoms with Crippen LogP contribution < -0.4 is 5.32 Å². The Balaban J connectivity index is 2.15. The Labute approximate surface area is 116 Å². The first-order chi connectivity index (χ1) is 9.06. The van der Waals surface area contributed by atoms with E-state index in [1.54, 1.807) is 12.1 Å². The van der Waals surface area contributed by atoms with Crippen molar-refractivity contribution in [1.82, 2.24) is 0 Å². The molecule has 0 saturated carbocycles. The minimum atomic E-state index is -0.992. The maximum atomic E-state index is 11.1. The molecule has 0 fully saturated rings. The van der Waals surface area contributed by atoms with E-state index in [-0.39, 0.29) is 5.56 Å². The summed E-state index contributed by atoms with van der Waals surface area (Å²) >= 11 is 5.80. The van der Waals surface area contributed by atoms with Crippen LogP contribution in [0.15, 0.2) is 42.5 Å². The lowest BCUT2D eigenvalue weighted by atomic mass is 10.1. The second kappa shape index (κ2) is 5.76. The number of rotatable bonds is 4. The van der Waals surface area contributed by atoms with Gasteiger partial charge >= 0.3 is 5.97 Å². The number of carboxylic acid groups (broad SMARTS) is 1. The van der Waals surface area contributed by atoms with Crippen LogP contribution in [-0.2, 0) is 6.54 Å². The first-order valence-electron chi connectivity index (χ1n) is 5.88. The monoisotopic (exact) mass is 275 g/mol. The van der Waals surface area contributed by atoms with Crippen molar-refractivity contribution in [1.29, 1.82) is 0 Å². The highest BCUT2D eigenvalue weighted by Crippen LogP contribution is 2.21. The van der Waals surface area contributed by atoms with E-state index in [2.05, 4.69) is 5.32 Å². The Kier molecular flexibility index (Phi) is 4.07. The van der Waals surface area contributed by atoms with Gasteiger partial charge in [0.2, 0.25) is 0 Å². The zero-order valence-corrected chi connectivity index (χ0v) is 11.2. The van der Waals surface area contributed by atoms with Crippen LogP contribution >= 0.6 is 11.6 Å². The molecule has 2 rings (SSSR count). The molecule has 0 aliphatic heterocycles. The second-order valence-corrected chi connectivity index (χ2v) is 4.77. The van der Waals surface area contributed by atoms with Gasteiger partial charge in [-0.15, -0.1) is 0 Å². The third-order valence-electron chi connectivity index (χ3n) is 2.82. The Morgan fingerprint density at radius 3 is 2.53 bits per heavy atom. The predicted octanol–water partition coefficient (Wildman–Crippen LogP) is 3.96. The lowest BCUT2D eigenvalue weighted by molar-refractivity contribution is 0.0698. The van der Waals surface area contributed by atoms with Crippen LogP contribution in [0.25, 0.3) is 0 Å². The van der Waals surface area contributed by atoms with Crippen molar-refractivity contribution in [3.8, 4) is 0 Å². The summed E-state index contributed by atoms with van der Waals surface area (Å²) in [4.78, 5) is 11.1. The fourth-order valence-electron chi connectivity index (χ4n) is 1.75. The van der Waals surface area contributed by atoms with Crippen molar-refractivity contribution in [3.63, 3.8) is 0 Å². The second-order valence-electron chi connectivity index (χ2n) is 4.33. The molecule has 0 aliphatic rings. The van der Waals surface area contributed by atoms with E-state index < -0.39 is 5.97 Å². The van der Waals surface area contributed by atoms with Crippen molar-refractivity contribution in [2.45, 2.75) is 13.5 Å². The average molecular weight is 276 g/mol. The SMILES string of the molecule is Cc1ccc(CNc2ccc(Cl)cc2C(=O)O)cc1. The summed E-state index contributed by atoms with van der Waals surface area (Å²) < 4.78 is 0. The Morgan fingerprint density at radius 2 is 1.89 bits per heavy atom. The number of carboxylic acids is 1. The average Bonchev–Trinajstić information content (AvgIpc) is 2.39. The topological polar surface area (TPSA) is 49.3 Å². The van der Waals surface area contributed by atoms with Gasteiger partial charge < -0.3 is 10.4 Å². The molecule has 0 aliphatic carbocycles. The third kappa shape index (κ3) is 3.48. The van der Waals surface area contributed by atoms with Crippen molar-refractivity contribution in [3.05, 3.63) is 64.2 Å². The van der Waals surface area contributed by atoms with E-state index in [4.69, 9.17) is 16.7 Å². The normalized spacial score (nSPS) is 10.2. The Hall–Kier alpha value is -2.00. The number of benzene rings is 2. The molecular weight excluding hydrogens is 262 g/mol. The molecule has 98 valence electrons. The molecule has 19 heavy (non-hydrogen) atoms. The van der Waals surface area contributed by atoms with Gasteiger partial charge in [-0.05, 0) is 30.7 Å². The highest BCUT2D eigenvalue weighted by Gasteiger charge is 2.10. The molecule has 2 aromatic carbocycles. The van der Waals surface area contributed by atoms with Gasteiger partial charge in [0.1, 0.15) is 0 Å². The molecule has 0 unspecified atom stereocenters. The standard InChI is InChI=1S/C15H14ClNO2/c1-10-2-4-11(5-3-10)9-17-14-7-6-12(16)8-13(14)15(18)19/h2-8,17H,9H2,1H3,(H,18,19). The number of aryl methyl sites for hydroxylation is 1. The zero-order chi connectivity index (χ0) is 13.8. The molecule has 0 heterocycles. The molecule has 0 saturated heterocycles. The van der Waals surface area contributed by atoms with Crippen LogP contribution in [0, 0.1) is 6.92 Å². The van der Waals surface area contributed by atoms with Gasteiger partial charge in [-0.2, -0.15) is 0 Å². The molecular formula is C15H14ClNO2. The molecule has 0 spiro atoms. The van der Waals surface area contributed by atoms with E-state index in [9.17, 15) is 4.79 Å². The van der Waals surface area contributed by atoms with Gasteiger partial charge in [0.15, 0.2) is 0 Å². The third-order valence-corrected chi connectivity index (χ3v) is 3.05. The van der Waals surface area contributed by atoms with Gasteiger partial charge in [0.25, 0.3) is 0 Å². The summed E-state index contributed by atoms with van der Waals surface area (Å²) in [6.45, 7) is 2.60. The van der Waals surface area contributed by atoms with Crippen LogP contribution in [-0.4, -0.2) is 11.1 Å². The van der Waals surface area contributed by atoms with Crippen molar-refractivity contribution < 1.29 is 9.90 Å². The number of anilines is 1. The Bertz CT molecular complexity index is 594. The van der Waals surface area contributed by atoms with Crippen molar-refractivity contribution in [2.75, 3.05) is 5.32 Å². The molecule has 0 bridgehead atoms. The number of carbonyl (C=O) groups is 1. The summed E-state index contributed by atoms with van der Waals surface area (Å²) in [7, 11) is 0. The highest BCUT2D eigenvalue weighted by atomic mass is 35.5. The molecule has 0 radical (unpaired) electrons. The predicted molar refractivity (Wildman–Crippen MR) is 76.9 cm³/mol. The summed E-state index contributed by atoms with van der Waals surface area (Å²) in [6, 6.07) is 12.9. The van der Waals surface area contributed by atoms with E-state index in [0.717, 1.165) is 5.56 Å². The number of hydrogen-bond acceptors (Lipinski definition) is 2. The Morgan fingerprint density at radius 1 is 1.21 bits per heavy atom. The van der Waals surface area contributed by atoms with Gasteiger partial charge in [0.05, 0.1) is 5.56 Å². The molecule has 2 N–H and O–H groups in total. The molecule has 0 amide bonds. The highest BCUT2D eigenvalue weighted by molar-refractivity contribution is 6.31. The molecule has 2 aromatic rings. The van der Waals surface area contributed by atoms with Gasteiger partial charge in [0, 0.05) is 17.3 Å². The summed E-state index contributed by atoms with van der Waals surface area (Å²) in [6.07, 6.45) is 0. The van der Waals surface area contributed by atoms with Gasteiger partial charge in [-0.1, -0.05) is 41.4 Å². The van der Waals surface area contributed by atoms with Crippen LogP contribution in [0.1, 0.15) is 21.5 Å². The van der Waals surface area contributed by atoms with Crippen LogP contribution in [0.4, 0.5) is 5.69 Å². The van der Waals surface area contributed by atoms with Gasteiger partial charge in [-0.25, -0.2) is 4.79 Å². The minimum Gasteiger partial charge on any atom is -0.478 e. The molecule has 4 heteroatoms. The van der Waals surface area contributed by atoms with Crippen molar-refractivity contribution >= 4 is 23.3 Å². The summed E-state index contributed by atoms with van der Waals surface area (Å²) in [5.41, 5.74) is 3.04. The first-order valence-corrected chi connectivity index (χ1v) is 6.26. The van der Waals surface area contributed by atoms with E-state index in [1.165, 1.54) is 11.6 Å². The van der Waals surface area contributed by atoms with E-state index >= 15 is 0 Å². The number of halogens is 1. The van der Waals surface area contributed by atoms with Crippen LogP contribution in [0.5, 0.6) is 0 Å². The number of hydrogen-bond donors (Lipinski definition) is 2. The maximum Gasteiger partial charge on any atom is 0.337 e. The number of nitrogens with one attached hydrogen (secondary N) is 1. The van der Waals surface area contributed by atoms with Crippen molar-refractivity contribution in [2.24, 2.45) is 0 Å². The van der Waals surface area contributed by atoms with E-state index in [0.29, 0.717) is 17.3 Å². The summed E-state index contributed by atoms with van der Waals surface area (Å²) in [5.74, 6) is -0.992. The smallest absolute Gasteiger partial charge is 0.337 e. The molecule has 3 nitrogen and oxygen atoms in total. The van der Waals surface area contributed by atoms with Crippen LogP contribution in [0.3, 0.4) is 0 Å². The zero-order valence-electron chi connectivity index (χ0n) is 10.5.